The molecular formula is C19H23N3O3S. The molecule has 0 unspecified atom stereocenters. The highest BCUT2D eigenvalue weighted by molar-refractivity contribution is 7.89. The second kappa shape index (κ2) is 7.97. The van der Waals surface area contributed by atoms with Crippen LogP contribution in [-0.4, -0.2) is 48.7 Å². The lowest BCUT2D eigenvalue weighted by molar-refractivity contribution is -0.135. The fourth-order valence-corrected chi connectivity index (χ4v) is 4.73. The second-order valence-corrected chi connectivity index (χ2v) is 8.48. The molecule has 0 N–H and O–H groups in total. The first-order valence-electron chi connectivity index (χ1n) is 8.67. The Bertz CT molecular complexity index is 833. The molecule has 0 aliphatic carbocycles. The highest BCUT2D eigenvalue weighted by Gasteiger charge is 2.33. The van der Waals surface area contributed by atoms with Gasteiger partial charge in [0.05, 0.1) is 4.90 Å². The molecule has 138 valence electrons. The molecule has 26 heavy (non-hydrogen) atoms. The van der Waals surface area contributed by atoms with Crippen molar-refractivity contribution in [2.75, 3.05) is 20.1 Å². The van der Waals surface area contributed by atoms with Crippen molar-refractivity contribution >= 4 is 15.9 Å². The van der Waals surface area contributed by atoms with Gasteiger partial charge in [0.2, 0.25) is 15.9 Å². The summed E-state index contributed by atoms with van der Waals surface area (Å²) in [6, 6.07) is 12.2. The third kappa shape index (κ3) is 4.11. The molecule has 1 aromatic carbocycles. The lowest BCUT2D eigenvalue weighted by Crippen LogP contribution is -2.43. The third-order valence-corrected chi connectivity index (χ3v) is 6.62. The van der Waals surface area contributed by atoms with E-state index in [4.69, 9.17) is 0 Å². The maximum atomic E-state index is 12.7. The zero-order chi connectivity index (χ0) is 18.6. The molecular weight excluding hydrogens is 350 g/mol. The van der Waals surface area contributed by atoms with Crippen LogP contribution in [0.3, 0.4) is 0 Å². The number of aromatic nitrogens is 1. The van der Waals surface area contributed by atoms with Gasteiger partial charge < -0.3 is 4.90 Å². The van der Waals surface area contributed by atoms with Crippen molar-refractivity contribution in [3.8, 4) is 0 Å². The summed E-state index contributed by atoms with van der Waals surface area (Å²) >= 11 is 0. The summed E-state index contributed by atoms with van der Waals surface area (Å²) in [4.78, 5) is 18.7. The fraction of sp³-hybridized carbons (Fsp3) is 0.368. The van der Waals surface area contributed by atoms with Gasteiger partial charge in [-0.25, -0.2) is 8.42 Å². The zero-order valence-electron chi connectivity index (χ0n) is 14.8. The maximum absolute atomic E-state index is 12.7. The molecule has 0 spiro atoms. The molecule has 2 heterocycles. The summed E-state index contributed by atoms with van der Waals surface area (Å²) < 4.78 is 26.8. The van der Waals surface area contributed by atoms with Crippen molar-refractivity contribution in [1.29, 1.82) is 0 Å². The first-order chi connectivity index (χ1) is 12.5. The number of nitrogens with zero attached hydrogens (tertiary/aromatic N) is 3. The SMILES string of the molecule is CN(Cc1cccnc1)C(=O)C1CCN(S(=O)(=O)c2ccccc2)CC1. The van der Waals surface area contributed by atoms with Gasteiger partial charge in [0.25, 0.3) is 0 Å². The van der Waals surface area contributed by atoms with Crippen LogP contribution in [0, 0.1) is 5.92 Å². The van der Waals surface area contributed by atoms with Crippen LogP contribution in [0.4, 0.5) is 0 Å². The van der Waals surface area contributed by atoms with Gasteiger partial charge in [-0.05, 0) is 36.6 Å². The summed E-state index contributed by atoms with van der Waals surface area (Å²) in [7, 11) is -1.70. The van der Waals surface area contributed by atoms with Gasteiger partial charge in [-0.3, -0.25) is 9.78 Å². The first-order valence-corrected chi connectivity index (χ1v) is 10.1. The number of carbonyl (C=O) groups is 1. The minimum absolute atomic E-state index is 0.0608. The number of pyridine rings is 1. The lowest BCUT2D eigenvalue weighted by atomic mass is 9.96. The van der Waals surface area contributed by atoms with E-state index in [9.17, 15) is 13.2 Å². The highest BCUT2D eigenvalue weighted by atomic mass is 32.2. The first kappa shape index (κ1) is 18.5. The van der Waals surface area contributed by atoms with E-state index < -0.39 is 10.0 Å². The molecule has 3 rings (SSSR count). The Hall–Kier alpha value is -2.25. The van der Waals surface area contributed by atoms with E-state index in [2.05, 4.69) is 4.98 Å². The molecule has 0 atom stereocenters. The molecule has 0 radical (unpaired) electrons. The molecule has 0 saturated carbocycles. The van der Waals surface area contributed by atoms with Gasteiger partial charge in [-0.1, -0.05) is 24.3 Å². The van der Waals surface area contributed by atoms with Gasteiger partial charge in [0.15, 0.2) is 0 Å². The molecule has 1 saturated heterocycles. The summed E-state index contributed by atoms with van der Waals surface area (Å²) in [5.41, 5.74) is 0.979. The van der Waals surface area contributed by atoms with Crippen molar-refractivity contribution in [1.82, 2.24) is 14.2 Å². The van der Waals surface area contributed by atoms with E-state index in [-0.39, 0.29) is 11.8 Å². The van der Waals surface area contributed by atoms with E-state index >= 15 is 0 Å². The van der Waals surface area contributed by atoms with Crippen LogP contribution in [0.25, 0.3) is 0 Å². The van der Waals surface area contributed by atoms with Crippen LogP contribution < -0.4 is 0 Å². The molecule has 2 aromatic rings. The van der Waals surface area contributed by atoms with Crippen LogP contribution >= 0.6 is 0 Å². The second-order valence-electron chi connectivity index (χ2n) is 6.55. The van der Waals surface area contributed by atoms with Gasteiger partial charge in [0.1, 0.15) is 0 Å². The molecule has 1 aliphatic heterocycles. The lowest BCUT2D eigenvalue weighted by Gasteiger charge is -2.32. The number of hydrogen-bond acceptors (Lipinski definition) is 4. The van der Waals surface area contributed by atoms with Crippen LogP contribution in [-0.2, 0) is 21.4 Å². The average molecular weight is 373 g/mol. The fourth-order valence-electron chi connectivity index (χ4n) is 3.24. The normalized spacial score (nSPS) is 16.3. The van der Waals surface area contributed by atoms with Crippen molar-refractivity contribution < 1.29 is 13.2 Å². The largest absolute Gasteiger partial charge is 0.341 e. The van der Waals surface area contributed by atoms with E-state index in [1.807, 2.05) is 12.1 Å². The predicted molar refractivity (Wildman–Crippen MR) is 98.6 cm³/mol. The Balaban J connectivity index is 1.59. The van der Waals surface area contributed by atoms with Crippen LogP contribution in [0.15, 0.2) is 59.8 Å². The minimum Gasteiger partial charge on any atom is -0.341 e. The number of hydrogen-bond donors (Lipinski definition) is 0. The smallest absolute Gasteiger partial charge is 0.243 e. The van der Waals surface area contributed by atoms with Crippen LogP contribution in [0.5, 0.6) is 0 Å². The topological polar surface area (TPSA) is 70.6 Å². The number of sulfonamides is 1. The van der Waals surface area contributed by atoms with Gasteiger partial charge in [-0.15, -0.1) is 0 Å². The number of piperidine rings is 1. The summed E-state index contributed by atoms with van der Waals surface area (Å²) in [6.07, 6.45) is 4.54. The third-order valence-electron chi connectivity index (χ3n) is 4.70. The van der Waals surface area contributed by atoms with Gasteiger partial charge in [0, 0.05) is 45.0 Å². The summed E-state index contributed by atoms with van der Waals surface area (Å²) in [5.74, 6) is -0.0792. The number of amides is 1. The Morgan fingerprint density at radius 1 is 1.15 bits per heavy atom. The molecule has 1 amide bonds. The van der Waals surface area contributed by atoms with E-state index in [0.717, 1.165) is 5.56 Å². The Kier molecular flexibility index (Phi) is 5.68. The van der Waals surface area contributed by atoms with Gasteiger partial charge >= 0.3 is 0 Å². The predicted octanol–water partition coefficient (Wildman–Crippen LogP) is 2.14. The van der Waals surface area contributed by atoms with Crippen molar-refractivity contribution in [2.45, 2.75) is 24.3 Å². The molecule has 7 heteroatoms. The monoisotopic (exact) mass is 373 g/mol. The summed E-state index contributed by atoms with van der Waals surface area (Å²) in [5, 5.41) is 0. The van der Waals surface area contributed by atoms with E-state index in [1.54, 1.807) is 54.7 Å². The van der Waals surface area contributed by atoms with Crippen LogP contribution in [0.2, 0.25) is 0 Å². The highest BCUT2D eigenvalue weighted by Crippen LogP contribution is 2.25. The van der Waals surface area contributed by atoms with E-state index in [1.165, 1.54) is 4.31 Å². The molecule has 6 nitrogen and oxygen atoms in total. The molecule has 1 fully saturated rings. The molecule has 1 aromatic heterocycles. The molecule has 1 aliphatic rings. The summed E-state index contributed by atoms with van der Waals surface area (Å²) in [6.45, 7) is 1.25. The van der Waals surface area contributed by atoms with Crippen molar-refractivity contribution in [3.63, 3.8) is 0 Å². The van der Waals surface area contributed by atoms with Crippen molar-refractivity contribution in [3.05, 3.63) is 60.4 Å². The number of rotatable bonds is 5. The average Bonchev–Trinajstić information content (AvgIpc) is 2.69. The number of benzene rings is 1. The zero-order valence-corrected chi connectivity index (χ0v) is 15.6. The standard InChI is InChI=1S/C19H23N3O3S/c1-21(15-16-6-5-11-20-14-16)19(23)17-9-12-22(13-10-17)26(24,25)18-7-3-2-4-8-18/h2-8,11,14,17H,9-10,12-13,15H2,1H3. The maximum Gasteiger partial charge on any atom is 0.243 e. The van der Waals surface area contributed by atoms with Crippen molar-refractivity contribution in [2.24, 2.45) is 5.92 Å². The minimum atomic E-state index is -3.48. The van der Waals surface area contributed by atoms with Crippen LogP contribution in [0.1, 0.15) is 18.4 Å². The molecule has 0 bridgehead atoms. The quantitative estimate of drug-likeness (QED) is 0.805. The van der Waals surface area contributed by atoms with Gasteiger partial charge in [-0.2, -0.15) is 4.31 Å². The Morgan fingerprint density at radius 3 is 2.46 bits per heavy atom. The Morgan fingerprint density at radius 2 is 1.85 bits per heavy atom. The number of carbonyl (C=O) groups excluding carboxylic acids is 1. The Labute approximate surface area is 154 Å². The van der Waals surface area contributed by atoms with E-state index in [0.29, 0.717) is 37.4 Å².